The lowest BCUT2D eigenvalue weighted by molar-refractivity contribution is 0.221. The molecule has 1 heterocycles. The Labute approximate surface area is 137 Å². The van der Waals surface area contributed by atoms with Gasteiger partial charge in [-0.15, -0.1) is 11.3 Å². The molecule has 2 rings (SSSR count). The number of hydrogen-bond acceptors (Lipinski definition) is 3. The molecule has 0 spiro atoms. The number of nitrogens with one attached hydrogen (secondary N) is 1. The number of amides is 2. The molecule has 6 heteroatoms. The van der Waals surface area contributed by atoms with Gasteiger partial charge in [0.2, 0.25) is 0 Å². The third-order valence-corrected chi connectivity index (χ3v) is 4.61. The molecule has 1 atom stereocenters. The van der Waals surface area contributed by atoms with Gasteiger partial charge in [-0.2, -0.15) is 0 Å². The highest BCUT2D eigenvalue weighted by Gasteiger charge is 2.11. The normalized spacial score (nSPS) is 12.0. The lowest BCUT2D eigenvalue weighted by Gasteiger charge is -2.18. The molecule has 0 bridgehead atoms. The van der Waals surface area contributed by atoms with Gasteiger partial charge in [0.05, 0.1) is 3.79 Å². The molecule has 2 aromatic rings. The second kappa shape index (κ2) is 7.06. The van der Waals surface area contributed by atoms with Crippen LogP contribution < -0.4 is 11.1 Å². The summed E-state index contributed by atoms with van der Waals surface area (Å²) in [6.45, 7) is 2.49. The minimum Gasteiger partial charge on any atom is -0.324 e. The summed E-state index contributed by atoms with van der Waals surface area (Å²) in [6.07, 6.45) is 0. The number of carbonyl (C=O) groups excluding carboxylic acids is 1. The van der Waals surface area contributed by atoms with E-state index >= 15 is 0 Å². The third-order valence-electron chi connectivity index (χ3n) is 3.05. The van der Waals surface area contributed by atoms with E-state index in [2.05, 4.69) is 21.2 Å². The second-order valence-corrected chi connectivity index (χ2v) is 7.25. The first-order valence-electron chi connectivity index (χ1n) is 6.56. The van der Waals surface area contributed by atoms with E-state index in [-0.39, 0.29) is 12.1 Å². The second-order valence-electron chi connectivity index (χ2n) is 4.96. The predicted molar refractivity (Wildman–Crippen MR) is 91.5 cm³/mol. The van der Waals surface area contributed by atoms with Crippen LogP contribution in [0.1, 0.15) is 24.1 Å². The molecule has 2 amide bonds. The summed E-state index contributed by atoms with van der Waals surface area (Å²) in [7, 11) is 1.77. The van der Waals surface area contributed by atoms with Crippen molar-refractivity contribution in [3.05, 3.63) is 50.6 Å². The van der Waals surface area contributed by atoms with E-state index < -0.39 is 0 Å². The Hall–Kier alpha value is -1.37. The molecule has 0 aliphatic heterocycles. The van der Waals surface area contributed by atoms with Crippen molar-refractivity contribution in [3.63, 3.8) is 0 Å². The van der Waals surface area contributed by atoms with Crippen LogP contribution in [-0.4, -0.2) is 18.0 Å². The fourth-order valence-electron chi connectivity index (χ4n) is 1.89. The average molecular weight is 368 g/mol. The quantitative estimate of drug-likeness (QED) is 0.850. The van der Waals surface area contributed by atoms with Gasteiger partial charge < -0.3 is 16.0 Å². The molecule has 0 radical (unpaired) electrons. The van der Waals surface area contributed by atoms with E-state index in [9.17, 15) is 4.79 Å². The molecule has 21 heavy (non-hydrogen) atoms. The highest BCUT2D eigenvalue weighted by atomic mass is 79.9. The first-order chi connectivity index (χ1) is 9.95. The first-order valence-corrected chi connectivity index (χ1v) is 8.23. The van der Waals surface area contributed by atoms with Gasteiger partial charge in [0, 0.05) is 25.3 Å². The van der Waals surface area contributed by atoms with E-state index in [1.165, 1.54) is 0 Å². The fraction of sp³-hybridized carbons (Fsp3) is 0.267. The maximum absolute atomic E-state index is 12.2. The van der Waals surface area contributed by atoms with Gasteiger partial charge in [0.15, 0.2) is 0 Å². The van der Waals surface area contributed by atoms with Crippen molar-refractivity contribution < 1.29 is 4.79 Å². The van der Waals surface area contributed by atoms with Gasteiger partial charge in [-0.05, 0) is 57.6 Å². The monoisotopic (exact) mass is 367 g/mol. The summed E-state index contributed by atoms with van der Waals surface area (Å²) in [5.41, 5.74) is 8.71. The van der Waals surface area contributed by atoms with Gasteiger partial charge >= 0.3 is 6.03 Å². The van der Waals surface area contributed by atoms with Gasteiger partial charge in [-0.3, -0.25) is 0 Å². The zero-order valence-corrected chi connectivity index (χ0v) is 14.4. The number of hydrogen-bond donors (Lipinski definition) is 2. The number of halogens is 1. The summed E-state index contributed by atoms with van der Waals surface area (Å²) in [5.74, 6) is 0. The first kappa shape index (κ1) is 16.0. The van der Waals surface area contributed by atoms with E-state index in [1.54, 1.807) is 23.3 Å². The van der Waals surface area contributed by atoms with Crippen LogP contribution in [0.25, 0.3) is 0 Å². The summed E-state index contributed by atoms with van der Waals surface area (Å²) in [4.78, 5) is 13.8. The molecule has 0 fully saturated rings. The fourth-order valence-corrected chi connectivity index (χ4v) is 3.09. The predicted octanol–water partition coefficient (Wildman–Crippen LogP) is 4.19. The molecule has 0 aliphatic rings. The molecule has 3 N–H and O–H groups in total. The van der Waals surface area contributed by atoms with Crippen molar-refractivity contribution >= 4 is 39.0 Å². The molecule has 1 aromatic carbocycles. The van der Waals surface area contributed by atoms with Crippen LogP contribution in [-0.2, 0) is 6.54 Å². The summed E-state index contributed by atoms with van der Waals surface area (Å²) in [5, 5.41) is 4.92. The Morgan fingerprint density at radius 1 is 1.48 bits per heavy atom. The van der Waals surface area contributed by atoms with E-state index in [0.717, 1.165) is 20.6 Å². The Kier molecular flexibility index (Phi) is 5.39. The van der Waals surface area contributed by atoms with Crippen molar-refractivity contribution in [3.8, 4) is 0 Å². The van der Waals surface area contributed by atoms with Crippen LogP contribution in [0.15, 0.2) is 39.5 Å². The standard InChI is InChI=1S/C15H18BrN3OS/c1-10(17)12-4-3-5-13(7-12)18-15(20)19(2)8-11-6-14(16)21-9-11/h3-7,9-10H,8,17H2,1-2H3,(H,18,20). The van der Waals surface area contributed by atoms with Crippen molar-refractivity contribution in [2.45, 2.75) is 19.5 Å². The minimum atomic E-state index is -0.140. The lowest BCUT2D eigenvalue weighted by atomic mass is 10.1. The third kappa shape index (κ3) is 4.56. The number of nitrogens with two attached hydrogens (primary N) is 1. The number of carbonyl (C=O) groups is 1. The number of rotatable bonds is 4. The molecule has 1 aromatic heterocycles. The number of urea groups is 1. The molecule has 0 saturated carbocycles. The minimum absolute atomic E-state index is 0.0530. The van der Waals surface area contributed by atoms with Crippen molar-refractivity contribution in [1.29, 1.82) is 0 Å². The Bertz CT molecular complexity index is 627. The van der Waals surface area contributed by atoms with E-state index in [0.29, 0.717) is 6.54 Å². The molecular weight excluding hydrogens is 350 g/mol. The molecular formula is C15H18BrN3OS. The molecule has 112 valence electrons. The SMILES string of the molecule is CC(N)c1cccc(NC(=O)N(C)Cc2csc(Br)c2)c1. The summed E-state index contributed by atoms with van der Waals surface area (Å²) in [6, 6.07) is 9.43. The average Bonchev–Trinajstić information content (AvgIpc) is 2.84. The Morgan fingerprint density at radius 2 is 2.24 bits per heavy atom. The summed E-state index contributed by atoms with van der Waals surface area (Å²) >= 11 is 5.03. The van der Waals surface area contributed by atoms with Crippen LogP contribution in [0.2, 0.25) is 0 Å². The lowest BCUT2D eigenvalue weighted by Crippen LogP contribution is -2.30. The number of benzene rings is 1. The zero-order valence-electron chi connectivity index (χ0n) is 12.0. The van der Waals surface area contributed by atoms with Gasteiger partial charge in [-0.25, -0.2) is 4.79 Å². The Morgan fingerprint density at radius 3 is 2.86 bits per heavy atom. The number of nitrogens with zero attached hydrogens (tertiary/aromatic N) is 1. The van der Waals surface area contributed by atoms with Crippen LogP contribution in [0, 0.1) is 0 Å². The molecule has 0 aliphatic carbocycles. The van der Waals surface area contributed by atoms with Crippen molar-refractivity contribution in [2.75, 3.05) is 12.4 Å². The largest absolute Gasteiger partial charge is 0.324 e. The number of thiophene rings is 1. The van der Waals surface area contributed by atoms with Crippen LogP contribution in [0.4, 0.5) is 10.5 Å². The zero-order chi connectivity index (χ0) is 15.4. The van der Waals surface area contributed by atoms with E-state index in [4.69, 9.17) is 5.73 Å². The molecule has 4 nitrogen and oxygen atoms in total. The molecule has 1 unspecified atom stereocenters. The van der Waals surface area contributed by atoms with Crippen LogP contribution >= 0.6 is 27.3 Å². The van der Waals surface area contributed by atoms with Crippen molar-refractivity contribution in [2.24, 2.45) is 5.73 Å². The highest BCUT2D eigenvalue weighted by Crippen LogP contribution is 2.22. The maximum atomic E-state index is 12.2. The van der Waals surface area contributed by atoms with E-state index in [1.807, 2.05) is 42.6 Å². The maximum Gasteiger partial charge on any atom is 0.321 e. The summed E-state index contributed by atoms with van der Waals surface area (Å²) < 4.78 is 1.07. The van der Waals surface area contributed by atoms with Crippen molar-refractivity contribution in [1.82, 2.24) is 4.90 Å². The highest BCUT2D eigenvalue weighted by molar-refractivity contribution is 9.11. The van der Waals surface area contributed by atoms with Gasteiger partial charge in [0.25, 0.3) is 0 Å². The van der Waals surface area contributed by atoms with Gasteiger partial charge in [-0.1, -0.05) is 12.1 Å². The van der Waals surface area contributed by atoms with Crippen LogP contribution in [0.5, 0.6) is 0 Å². The topological polar surface area (TPSA) is 58.4 Å². The smallest absolute Gasteiger partial charge is 0.321 e. The Balaban J connectivity index is 1.98. The molecule has 0 saturated heterocycles. The van der Waals surface area contributed by atoms with Crippen LogP contribution in [0.3, 0.4) is 0 Å². The number of anilines is 1. The van der Waals surface area contributed by atoms with Gasteiger partial charge in [0.1, 0.15) is 0 Å².